The molecule has 1 aliphatic heterocycles. The minimum absolute atomic E-state index is 0.0298. The fourth-order valence-electron chi connectivity index (χ4n) is 3.36. The number of benzene rings is 1. The third-order valence-corrected chi connectivity index (χ3v) is 4.97. The van der Waals surface area contributed by atoms with Gasteiger partial charge in [0.25, 0.3) is 0 Å². The zero-order valence-electron chi connectivity index (χ0n) is 14.7. The molecule has 7 heteroatoms. The van der Waals surface area contributed by atoms with Crippen LogP contribution in [0.3, 0.4) is 0 Å². The van der Waals surface area contributed by atoms with Crippen LogP contribution in [-0.4, -0.2) is 72.1 Å². The summed E-state index contributed by atoms with van der Waals surface area (Å²) in [6, 6.07) is 10.1. The summed E-state index contributed by atoms with van der Waals surface area (Å²) in [7, 11) is 0. The average molecular weight is 360 g/mol. The van der Waals surface area contributed by atoms with Gasteiger partial charge in [0.1, 0.15) is 6.61 Å². The predicted molar refractivity (Wildman–Crippen MR) is 93.5 cm³/mol. The molecule has 26 heavy (non-hydrogen) atoms. The number of amides is 2. The largest absolute Gasteiger partial charge is 0.481 e. The fourth-order valence-corrected chi connectivity index (χ4v) is 3.36. The molecule has 140 valence electrons. The lowest BCUT2D eigenvalue weighted by Gasteiger charge is -2.35. The number of nitrogens with zero attached hydrogens (tertiary/aromatic N) is 2. The number of ether oxygens (including phenoxy) is 1. The molecule has 7 nitrogen and oxygen atoms in total. The van der Waals surface area contributed by atoms with E-state index in [0.717, 1.165) is 6.42 Å². The maximum Gasteiger partial charge on any atom is 0.305 e. The van der Waals surface area contributed by atoms with Crippen LogP contribution in [0, 0.1) is 5.92 Å². The van der Waals surface area contributed by atoms with E-state index in [-0.39, 0.29) is 37.4 Å². The van der Waals surface area contributed by atoms with E-state index < -0.39 is 5.97 Å². The summed E-state index contributed by atoms with van der Waals surface area (Å²) in [6.45, 7) is 1.99. The summed E-state index contributed by atoms with van der Waals surface area (Å²) >= 11 is 0. The van der Waals surface area contributed by atoms with Gasteiger partial charge in [0.2, 0.25) is 11.8 Å². The molecule has 1 heterocycles. The van der Waals surface area contributed by atoms with Crippen molar-refractivity contribution in [3.63, 3.8) is 0 Å². The number of hydrogen-bond donors (Lipinski definition) is 1. The normalized spacial score (nSPS) is 22.2. The van der Waals surface area contributed by atoms with Crippen LogP contribution in [-0.2, 0) is 19.1 Å². The van der Waals surface area contributed by atoms with Gasteiger partial charge in [-0.3, -0.25) is 14.4 Å². The molecule has 1 N–H and O–H groups in total. The number of carboxylic acid groups (broad SMARTS) is 1. The molecule has 2 atom stereocenters. The van der Waals surface area contributed by atoms with E-state index in [1.165, 1.54) is 5.56 Å². The van der Waals surface area contributed by atoms with Gasteiger partial charge in [0.05, 0.1) is 13.0 Å². The molecule has 2 aliphatic rings. The highest BCUT2D eigenvalue weighted by Gasteiger charge is 2.46. The van der Waals surface area contributed by atoms with Crippen LogP contribution in [0.2, 0.25) is 0 Å². The second-order valence-corrected chi connectivity index (χ2v) is 6.76. The van der Waals surface area contributed by atoms with Crippen LogP contribution in [0.1, 0.15) is 24.3 Å². The van der Waals surface area contributed by atoms with E-state index in [9.17, 15) is 14.4 Å². The average Bonchev–Trinajstić information content (AvgIpc) is 3.46. The van der Waals surface area contributed by atoms with Gasteiger partial charge in [-0.2, -0.15) is 0 Å². The van der Waals surface area contributed by atoms with Crippen LogP contribution < -0.4 is 0 Å². The van der Waals surface area contributed by atoms with Crippen LogP contribution in [0.5, 0.6) is 0 Å². The first-order valence-electron chi connectivity index (χ1n) is 8.97. The second kappa shape index (κ2) is 8.31. The monoisotopic (exact) mass is 360 g/mol. The lowest BCUT2D eigenvalue weighted by Crippen LogP contribution is -2.51. The Morgan fingerprint density at radius 2 is 1.69 bits per heavy atom. The first-order valence-corrected chi connectivity index (χ1v) is 8.97. The van der Waals surface area contributed by atoms with Crippen LogP contribution in [0.15, 0.2) is 30.3 Å². The minimum Gasteiger partial charge on any atom is -0.481 e. The van der Waals surface area contributed by atoms with E-state index in [1.54, 1.807) is 4.90 Å². The van der Waals surface area contributed by atoms with Gasteiger partial charge in [-0.1, -0.05) is 30.3 Å². The smallest absolute Gasteiger partial charge is 0.305 e. The van der Waals surface area contributed by atoms with Gasteiger partial charge in [-0.05, 0) is 17.9 Å². The number of carbonyl (C=O) groups is 3. The Morgan fingerprint density at radius 1 is 1.04 bits per heavy atom. The number of carbonyl (C=O) groups excluding carboxylic acids is 2. The summed E-state index contributed by atoms with van der Waals surface area (Å²) < 4.78 is 5.09. The molecule has 2 amide bonds. The molecule has 3 rings (SSSR count). The molecule has 0 spiro atoms. The zero-order valence-corrected chi connectivity index (χ0v) is 14.7. The van der Waals surface area contributed by atoms with Gasteiger partial charge in [0.15, 0.2) is 0 Å². The number of rotatable bonds is 7. The molecule has 1 aromatic carbocycles. The van der Waals surface area contributed by atoms with Crippen molar-refractivity contribution in [2.45, 2.75) is 18.8 Å². The highest BCUT2D eigenvalue weighted by Crippen LogP contribution is 2.48. The van der Waals surface area contributed by atoms with Crippen molar-refractivity contribution >= 4 is 17.8 Å². The van der Waals surface area contributed by atoms with Crippen LogP contribution in [0.25, 0.3) is 0 Å². The van der Waals surface area contributed by atoms with E-state index in [0.29, 0.717) is 32.1 Å². The van der Waals surface area contributed by atoms with Crippen molar-refractivity contribution < 1.29 is 24.2 Å². The topological polar surface area (TPSA) is 87.2 Å². The summed E-state index contributed by atoms with van der Waals surface area (Å²) in [5.74, 6) is -0.525. The number of carboxylic acids is 1. The first-order chi connectivity index (χ1) is 12.6. The van der Waals surface area contributed by atoms with Gasteiger partial charge in [0, 0.05) is 32.1 Å². The van der Waals surface area contributed by atoms with Crippen molar-refractivity contribution in [1.29, 1.82) is 0 Å². The minimum atomic E-state index is -0.946. The summed E-state index contributed by atoms with van der Waals surface area (Å²) in [5.41, 5.74) is 1.22. The maximum atomic E-state index is 12.6. The van der Waals surface area contributed by atoms with Crippen LogP contribution in [0.4, 0.5) is 0 Å². The van der Waals surface area contributed by atoms with Gasteiger partial charge < -0.3 is 19.6 Å². The summed E-state index contributed by atoms with van der Waals surface area (Å²) in [6.07, 6.45) is 0.791. The number of piperazine rings is 1. The van der Waals surface area contributed by atoms with E-state index >= 15 is 0 Å². The van der Waals surface area contributed by atoms with Gasteiger partial charge in [-0.25, -0.2) is 0 Å². The Balaban J connectivity index is 1.39. The summed E-state index contributed by atoms with van der Waals surface area (Å²) in [5, 5.41) is 8.54. The predicted octanol–water partition coefficient (Wildman–Crippen LogP) is 0.952. The molecule has 1 aromatic rings. The third kappa shape index (κ3) is 4.60. The Bertz CT molecular complexity index is 655. The zero-order chi connectivity index (χ0) is 18.5. The quantitative estimate of drug-likeness (QED) is 0.732. The fraction of sp³-hybridized carbons (Fsp3) is 0.526. The SMILES string of the molecule is O=C(O)CCOCC(=O)N1CCN(C(=O)[C@@H]2C[C@H]2c2ccccc2)CC1. The van der Waals surface area contributed by atoms with E-state index in [2.05, 4.69) is 12.1 Å². The van der Waals surface area contributed by atoms with Crippen LogP contribution >= 0.6 is 0 Å². The number of aliphatic carboxylic acids is 1. The van der Waals surface area contributed by atoms with E-state index in [4.69, 9.17) is 9.84 Å². The van der Waals surface area contributed by atoms with Crippen molar-refractivity contribution in [3.8, 4) is 0 Å². The maximum absolute atomic E-state index is 12.6. The highest BCUT2D eigenvalue weighted by atomic mass is 16.5. The summed E-state index contributed by atoms with van der Waals surface area (Å²) in [4.78, 5) is 38.6. The molecular weight excluding hydrogens is 336 g/mol. The molecular formula is C19H24N2O5. The Kier molecular flexibility index (Phi) is 5.88. The molecule has 0 aromatic heterocycles. The Morgan fingerprint density at radius 3 is 2.35 bits per heavy atom. The van der Waals surface area contributed by atoms with Gasteiger partial charge >= 0.3 is 5.97 Å². The standard InChI is InChI=1S/C19H24N2O5/c22-17(13-26-11-6-18(23)24)20-7-9-21(10-8-20)19(25)16-12-15(16)14-4-2-1-3-5-14/h1-5,15-16H,6-13H2,(H,23,24)/t15-,16+/m0/s1. The molecule has 1 aliphatic carbocycles. The lowest BCUT2D eigenvalue weighted by atomic mass is 10.1. The molecule has 0 bridgehead atoms. The van der Waals surface area contributed by atoms with Gasteiger partial charge in [-0.15, -0.1) is 0 Å². The molecule has 1 saturated carbocycles. The van der Waals surface area contributed by atoms with Crippen molar-refractivity contribution in [1.82, 2.24) is 9.80 Å². The second-order valence-electron chi connectivity index (χ2n) is 6.76. The van der Waals surface area contributed by atoms with Crippen molar-refractivity contribution in [2.75, 3.05) is 39.4 Å². The van der Waals surface area contributed by atoms with Crippen molar-refractivity contribution in [3.05, 3.63) is 35.9 Å². The highest BCUT2D eigenvalue weighted by molar-refractivity contribution is 5.83. The molecule has 0 unspecified atom stereocenters. The Hall–Kier alpha value is -2.41. The first kappa shape index (κ1) is 18.4. The molecule has 0 radical (unpaired) electrons. The molecule has 1 saturated heterocycles. The van der Waals surface area contributed by atoms with E-state index in [1.807, 2.05) is 23.1 Å². The third-order valence-electron chi connectivity index (χ3n) is 4.97. The van der Waals surface area contributed by atoms with Crippen molar-refractivity contribution in [2.24, 2.45) is 5.92 Å². The molecule has 2 fully saturated rings. The Labute approximate surface area is 152 Å². The lowest BCUT2D eigenvalue weighted by molar-refractivity contribution is -0.144. The number of hydrogen-bond acceptors (Lipinski definition) is 4.